The maximum absolute atomic E-state index is 13.1. The van der Waals surface area contributed by atoms with Gasteiger partial charge in [-0.3, -0.25) is 4.98 Å². The molecule has 2 N–H and O–H groups in total. The summed E-state index contributed by atoms with van der Waals surface area (Å²) in [6.45, 7) is 0.354. The molecule has 1 heterocycles. The van der Waals surface area contributed by atoms with Gasteiger partial charge in [0.1, 0.15) is 5.82 Å². The molecule has 0 radical (unpaired) electrons. The summed E-state index contributed by atoms with van der Waals surface area (Å²) in [6, 6.07) is 0.114. The van der Waals surface area contributed by atoms with E-state index < -0.39 is 5.92 Å². The molecule has 2 rings (SSSR count). The second kappa shape index (κ2) is 5.14. The lowest BCUT2D eigenvalue weighted by molar-refractivity contribution is -0.0378. The van der Waals surface area contributed by atoms with E-state index in [0.717, 1.165) is 5.69 Å². The first-order valence-electron chi connectivity index (χ1n) is 6.13. The SMILES string of the molecule is CN(c1cnc(CN)cn1)C1CCC(F)(F)CC1. The molecule has 0 spiro atoms. The molecular weight excluding hydrogens is 238 g/mol. The van der Waals surface area contributed by atoms with Crippen LogP contribution in [0.15, 0.2) is 12.4 Å². The maximum Gasteiger partial charge on any atom is 0.248 e. The largest absolute Gasteiger partial charge is 0.355 e. The fourth-order valence-electron chi connectivity index (χ4n) is 2.23. The van der Waals surface area contributed by atoms with Crippen LogP contribution in [0.3, 0.4) is 0 Å². The van der Waals surface area contributed by atoms with Crippen LogP contribution in [-0.4, -0.2) is 29.0 Å². The summed E-state index contributed by atoms with van der Waals surface area (Å²) in [6.07, 6.45) is 4.17. The minimum absolute atomic E-state index is 0.0453. The highest BCUT2D eigenvalue weighted by atomic mass is 19.3. The van der Waals surface area contributed by atoms with Crippen molar-refractivity contribution in [2.45, 2.75) is 44.2 Å². The lowest BCUT2D eigenvalue weighted by atomic mass is 9.91. The van der Waals surface area contributed by atoms with E-state index in [4.69, 9.17) is 5.73 Å². The van der Waals surface area contributed by atoms with E-state index in [1.165, 1.54) is 0 Å². The first-order chi connectivity index (χ1) is 8.52. The minimum Gasteiger partial charge on any atom is -0.355 e. The van der Waals surface area contributed by atoms with Crippen molar-refractivity contribution in [3.63, 3.8) is 0 Å². The predicted octanol–water partition coefficient (Wildman–Crippen LogP) is 1.95. The normalized spacial score (nSPS) is 19.8. The van der Waals surface area contributed by atoms with Crippen LogP contribution in [0.25, 0.3) is 0 Å². The molecule has 4 nitrogen and oxygen atoms in total. The van der Waals surface area contributed by atoms with Gasteiger partial charge in [0.05, 0.1) is 18.1 Å². The van der Waals surface area contributed by atoms with Gasteiger partial charge in [0, 0.05) is 32.5 Å². The van der Waals surface area contributed by atoms with Crippen molar-refractivity contribution >= 4 is 5.82 Å². The third-order valence-electron chi connectivity index (χ3n) is 3.50. The molecule has 6 heteroatoms. The Morgan fingerprint density at radius 3 is 2.50 bits per heavy atom. The summed E-state index contributed by atoms with van der Waals surface area (Å²) in [4.78, 5) is 10.4. The molecule has 0 amide bonds. The number of hydrogen-bond acceptors (Lipinski definition) is 4. The first kappa shape index (κ1) is 13.1. The zero-order chi connectivity index (χ0) is 13.2. The van der Waals surface area contributed by atoms with Crippen molar-refractivity contribution < 1.29 is 8.78 Å². The van der Waals surface area contributed by atoms with E-state index in [9.17, 15) is 8.78 Å². The average Bonchev–Trinajstić information content (AvgIpc) is 2.38. The van der Waals surface area contributed by atoms with Crippen molar-refractivity contribution in [1.29, 1.82) is 0 Å². The van der Waals surface area contributed by atoms with Crippen molar-refractivity contribution in [2.24, 2.45) is 5.73 Å². The number of halogens is 2. The summed E-state index contributed by atoms with van der Waals surface area (Å²) in [7, 11) is 1.88. The van der Waals surface area contributed by atoms with Crippen LogP contribution in [-0.2, 0) is 6.54 Å². The summed E-state index contributed by atoms with van der Waals surface area (Å²) in [5.74, 6) is -1.78. The average molecular weight is 256 g/mol. The van der Waals surface area contributed by atoms with E-state index in [-0.39, 0.29) is 18.9 Å². The zero-order valence-electron chi connectivity index (χ0n) is 10.4. The topological polar surface area (TPSA) is 55.0 Å². The van der Waals surface area contributed by atoms with Crippen LogP contribution in [0, 0.1) is 0 Å². The smallest absolute Gasteiger partial charge is 0.248 e. The molecule has 1 aromatic rings. The molecule has 0 aromatic carbocycles. The van der Waals surface area contributed by atoms with E-state index in [1.54, 1.807) is 12.4 Å². The van der Waals surface area contributed by atoms with Crippen LogP contribution < -0.4 is 10.6 Å². The molecule has 0 unspecified atom stereocenters. The van der Waals surface area contributed by atoms with Gasteiger partial charge < -0.3 is 10.6 Å². The number of alkyl halides is 2. The van der Waals surface area contributed by atoms with Crippen LogP contribution in [0.2, 0.25) is 0 Å². The van der Waals surface area contributed by atoms with Gasteiger partial charge in [0.25, 0.3) is 0 Å². The Morgan fingerprint density at radius 2 is 2.00 bits per heavy atom. The Labute approximate surface area is 105 Å². The number of anilines is 1. The third kappa shape index (κ3) is 2.93. The molecule has 1 aromatic heterocycles. The summed E-state index contributed by atoms with van der Waals surface area (Å²) in [5.41, 5.74) is 6.17. The first-order valence-corrected chi connectivity index (χ1v) is 6.13. The van der Waals surface area contributed by atoms with Crippen LogP contribution >= 0.6 is 0 Å². The predicted molar refractivity (Wildman–Crippen MR) is 65.5 cm³/mol. The van der Waals surface area contributed by atoms with Gasteiger partial charge in [-0.2, -0.15) is 0 Å². The van der Waals surface area contributed by atoms with Crippen molar-refractivity contribution in [1.82, 2.24) is 9.97 Å². The number of rotatable bonds is 3. The van der Waals surface area contributed by atoms with E-state index >= 15 is 0 Å². The van der Waals surface area contributed by atoms with Gasteiger partial charge in [-0.15, -0.1) is 0 Å². The van der Waals surface area contributed by atoms with Crippen molar-refractivity contribution in [2.75, 3.05) is 11.9 Å². The van der Waals surface area contributed by atoms with Gasteiger partial charge in [-0.1, -0.05) is 0 Å². The minimum atomic E-state index is -2.49. The second-order valence-electron chi connectivity index (χ2n) is 4.77. The standard InChI is InChI=1S/C12H18F2N4/c1-18(10-2-4-12(13,14)5-3-10)11-8-16-9(6-15)7-17-11/h7-8,10H,2-6,15H2,1H3. The summed E-state index contributed by atoms with van der Waals surface area (Å²) >= 11 is 0. The number of nitrogens with zero attached hydrogens (tertiary/aromatic N) is 3. The van der Waals surface area contributed by atoms with Gasteiger partial charge in [0.2, 0.25) is 5.92 Å². The Balaban J connectivity index is 2.00. The van der Waals surface area contributed by atoms with Crippen LogP contribution in [0.5, 0.6) is 0 Å². The van der Waals surface area contributed by atoms with Gasteiger partial charge >= 0.3 is 0 Å². The number of nitrogens with two attached hydrogens (primary N) is 1. The van der Waals surface area contributed by atoms with Crippen molar-refractivity contribution in [3.8, 4) is 0 Å². The molecule has 1 fully saturated rings. The Morgan fingerprint density at radius 1 is 1.33 bits per heavy atom. The molecule has 18 heavy (non-hydrogen) atoms. The molecule has 1 aliphatic rings. The lowest BCUT2D eigenvalue weighted by Crippen LogP contribution is -2.38. The molecule has 0 saturated heterocycles. The van der Waals surface area contributed by atoms with E-state index in [0.29, 0.717) is 25.2 Å². The van der Waals surface area contributed by atoms with Gasteiger partial charge in [-0.25, -0.2) is 13.8 Å². The summed E-state index contributed by atoms with van der Waals surface area (Å²) in [5, 5.41) is 0. The number of aromatic nitrogens is 2. The fraction of sp³-hybridized carbons (Fsp3) is 0.667. The monoisotopic (exact) mass is 256 g/mol. The quantitative estimate of drug-likeness (QED) is 0.898. The molecule has 1 aliphatic carbocycles. The van der Waals surface area contributed by atoms with Crippen LogP contribution in [0.4, 0.5) is 14.6 Å². The Hall–Kier alpha value is -1.30. The second-order valence-corrected chi connectivity index (χ2v) is 4.77. The molecule has 100 valence electrons. The Kier molecular flexibility index (Phi) is 3.75. The van der Waals surface area contributed by atoms with E-state index in [2.05, 4.69) is 9.97 Å². The molecule has 1 saturated carbocycles. The summed E-state index contributed by atoms with van der Waals surface area (Å²) < 4.78 is 26.2. The van der Waals surface area contributed by atoms with Gasteiger partial charge in [0.15, 0.2) is 0 Å². The molecule has 0 atom stereocenters. The van der Waals surface area contributed by atoms with Gasteiger partial charge in [-0.05, 0) is 12.8 Å². The van der Waals surface area contributed by atoms with Crippen LogP contribution in [0.1, 0.15) is 31.4 Å². The fourth-order valence-corrected chi connectivity index (χ4v) is 2.23. The highest BCUT2D eigenvalue weighted by Crippen LogP contribution is 2.35. The molecule has 0 aliphatic heterocycles. The number of hydrogen-bond donors (Lipinski definition) is 1. The lowest BCUT2D eigenvalue weighted by Gasteiger charge is -2.35. The van der Waals surface area contributed by atoms with Crippen molar-refractivity contribution in [3.05, 3.63) is 18.1 Å². The highest BCUT2D eigenvalue weighted by molar-refractivity contribution is 5.36. The zero-order valence-corrected chi connectivity index (χ0v) is 10.4. The molecular formula is C12H18F2N4. The Bertz CT molecular complexity index is 384. The third-order valence-corrected chi connectivity index (χ3v) is 3.50. The molecule has 0 bridgehead atoms. The van der Waals surface area contributed by atoms with E-state index in [1.807, 2.05) is 11.9 Å². The maximum atomic E-state index is 13.1. The highest BCUT2D eigenvalue weighted by Gasteiger charge is 2.36.